The zero-order chi connectivity index (χ0) is 17.6. The van der Waals surface area contributed by atoms with E-state index in [0.717, 1.165) is 59.5 Å². The fourth-order valence-corrected chi connectivity index (χ4v) is 3.61. The second-order valence-corrected chi connectivity index (χ2v) is 7.27. The van der Waals surface area contributed by atoms with Gasteiger partial charge in [0.25, 0.3) is 0 Å². The fourth-order valence-electron chi connectivity index (χ4n) is 3.61. The molecule has 1 N–H and O–H groups in total. The molecule has 3 heterocycles. The third-order valence-electron chi connectivity index (χ3n) is 5.12. The number of benzene rings is 1. The number of carbonyl (C=O) groups is 1. The molecule has 0 aliphatic carbocycles. The minimum Gasteiger partial charge on any atom is -0.472 e. The van der Waals surface area contributed by atoms with Crippen LogP contribution in [0.3, 0.4) is 0 Å². The van der Waals surface area contributed by atoms with Gasteiger partial charge in [-0.05, 0) is 44.0 Å². The van der Waals surface area contributed by atoms with Gasteiger partial charge in [-0.15, -0.1) is 0 Å². The summed E-state index contributed by atoms with van der Waals surface area (Å²) >= 11 is 0. The van der Waals surface area contributed by atoms with Crippen LogP contribution >= 0.6 is 0 Å². The van der Waals surface area contributed by atoms with Crippen LogP contribution < -0.4 is 4.90 Å². The highest BCUT2D eigenvalue weighted by Crippen LogP contribution is 2.43. The number of hydrogen-bond acceptors (Lipinski definition) is 3. The Morgan fingerprint density at radius 1 is 1.28 bits per heavy atom. The maximum absolute atomic E-state index is 12.9. The lowest BCUT2D eigenvalue weighted by molar-refractivity contribution is -0.122. The van der Waals surface area contributed by atoms with Crippen LogP contribution in [0.1, 0.15) is 45.6 Å². The van der Waals surface area contributed by atoms with E-state index in [1.807, 2.05) is 24.8 Å². The third-order valence-corrected chi connectivity index (χ3v) is 5.12. The summed E-state index contributed by atoms with van der Waals surface area (Å²) in [6.45, 7) is 6.96. The summed E-state index contributed by atoms with van der Waals surface area (Å²) in [5, 5.41) is 0. The van der Waals surface area contributed by atoms with E-state index in [2.05, 4.69) is 29.0 Å². The lowest BCUT2D eigenvalue weighted by Gasteiger charge is -2.20. The minimum absolute atomic E-state index is 0.182. The number of hydrogen-bond donors (Lipinski definition) is 1. The second-order valence-electron chi connectivity index (χ2n) is 7.27. The monoisotopic (exact) mass is 337 g/mol. The molecular formula is C20H23N3O2. The van der Waals surface area contributed by atoms with Crippen LogP contribution in [0.2, 0.25) is 0 Å². The van der Waals surface area contributed by atoms with E-state index in [-0.39, 0.29) is 5.91 Å². The van der Waals surface area contributed by atoms with Gasteiger partial charge in [-0.2, -0.15) is 0 Å². The van der Waals surface area contributed by atoms with E-state index in [4.69, 9.17) is 4.42 Å². The van der Waals surface area contributed by atoms with Gasteiger partial charge in [0.05, 0.1) is 34.0 Å². The normalized spacial score (nSPS) is 16.0. The third kappa shape index (κ3) is 2.46. The molecule has 25 heavy (non-hydrogen) atoms. The van der Waals surface area contributed by atoms with Gasteiger partial charge in [-0.25, -0.2) is 4.98 Å². The van der Waals surface area contributed by atoms with Crippen molar-refractivity contribution in [2.75, 3.05) is 11.4 Å². The van der Waals surface area contributed by atoms with Crippen LogP contribution in [-0.4, -0.2) is 22.4 Å². The average Bonchev–Trinajstić information content (AvgIpc) is 3.28. The molecule has 0 radical (unpaired) electrons. The maximum Gasteiger partial charge on any atom is 0.237 e. The number of furan rings is 1. The smallest absolute Gasteiger partial charge is 0.237 e. The number of imidazole rings is 1. The molecule has 5 heteroatoms. The number of fused-ring (bicyclic) bond motifs is 2. The van der Waals surface area contributed by atoms with E-state index in [9.17, 15) is 4.79 Å². The first kappa shape index (κ1) is 15.9. The van der Waals surface area contributed by atoms with Crippen LogP contribution in [-0.2, 0) is 10.2 Å². The molecule has 0 saturated heterocycles. The van der Waals surface area contributed by atoms with Crippen molar-refractivity contribution in [1.29, 1.82) is 0 Å². The number of anilines is 1. The highest BCUT2D eigenvalue weighted by atomic mass is 16.3. The van der Waals surface area contributed by atoms with E-state index < -0.39 is 5.41 Å². The molecular weight excluding hydrogens is 314 g/mol. The van der Waals surface area contributed by atoms with Crippen LogP contribution in [0.5, 0.6) is 0 Å². The second kappa shape index (κ2) is 5.76. The molecule has 0 saturated carbocycles. The standard InChI is InChI=1S/C20H23N3O2/c1-4-5-6-8-23-17-11-16-15(10-14(17)20(2,3)19(23)24)21-18(22-16)13-7-9-25-12-13/h7,9-12H,4-6,8H2,1-3H3,(H,21,22). The lowest BCUT2D eigenvalue weighted by atomic mass is 9.86. The summed E-state index contributed by atoms with van der Waals surface area (Å²) < 4.78 is 5.15. The molecule has 1 aliphatic rings. The van der Waals surface area contributed by atoms with Crippen molar-refractivity contribution in [3.63, 3.8) is 0 Å². The van der Waals surface area contributed by atoms with Gasteiger partial charge >= 0.3 is 0 Å². The first-order valence-corrected chi connectivity index (χ1v) is 8.91. The van der Waals surface area contributed by atoms with E-state index in [1.165, 1.54) is 0 Å². The summed E-state index contributed by atoms with van der Waals surface area (Å²) in [4.78, 5) is 22.9. The Morgan fingerprint density at radius 3 is 2.84 bits per heavy atom. The Hall–Kier alpha value is -2.56. The molecule has 1 amide bonds. The first-order valence-electron chi connectivity index (χ1n) is 8.91. The van der Waals surface area contributed by atoms with Crippen molar-refractivity contribution in [3.05, 3.63) is 36.3 Å². The van der Waals surface area contributed by atoms with Crippen LogP contribution in [0.4, 0.5) is 5.69 Å². The topological polar surface area (TPSA) is 62.1 Å². The van der Waals surface area contributed by atoms with Gasteiger partial charge < -0.3 is 14.3 Å². The predicted octanol–water partition coefficient (Wildman–Crippen LogP) is 4.64. The molecule has 0 bridgehead atoms. The van der Waals surface area contributed by atoms with Crippen LogP contribution in [0.15, 0.2) is 35.1 Å². The quantitative estimate of drug-likeness (QED) is 0.690. The maximum atomic E-state index is 12.9. The van der Waals surface area contributed by atoms with Crippen molar-refractivity contribution in [1.82, 2.24) is 9.97 Å². The molecule has 0 atom stereocenters. The Labute approximate surface area is 147 Å². The Balaban J connectivity index is 1.79. The van der Waals surface area contributed by atoms with Gasteiger partial charge in [0, 0.05) is 6.54 Å². The molecule has 130 valence electrons. The van der Waals surface area contributed by atoms with Gasteiger partial charge in [0.1, 0.15) is 12.1 Å². The molecule has 2 aromatic heterocycles. The molecule has 1 aliphatic heterocycles. The van der Waals surface area contributed by atoms with Gasteiger partial charge in [0.2, 0.25) is 5.91 Å². The number of carbonyl (C=O) groups excluding carboxylic acids is 1. The number of nitrogens with zero attached hydrogens (tertiary/aromatic N) is 2. The van der Waals surface area contributed by atoms with Crippen molar-refractivity contribution in [2.24, 2.45) is 0 Å². The van der Waals surface area contributed by atoms with Gasteiger partial charge in [-0.1, -0.05) is 19.8 Å². The molecule has 5 nitrogen and oxygen atoms in total. The molecule has 1 aromatic carbocycles. The summed E-state index contributed by atoms with van der Waals surface area (Å²) in [5.41, 5.74) is 4.32. The van der Waals surface area contributed by atoms with Crippen molar-refractivity contribution in [3.8, 4) is 11.4 Å². The number of unbranched alkanes of at least 4 members (excludes halogenated alkanes) is 2. The summed E-state index contributed by atoms with van der Waals surface area (Å²) in [6.07, 6.45) is 6.62. The van der Waals surface area contributed by atoms with Crippen molar-refractivity contribution < 1.29 is 9.21 Å². The predicted molar refractivity (Wildman–Crippen MR) is 98.7 cm³/mol. The SMILES string of the molecule is CCCCCN1C(=O)C(C)(C)c2cc3nc(-c4ccoc4)[nH]c3cc21. The molecule has 3 aromatic rings. The highest BCUT2D eigenvalue weighted by molar-refractivity contribution is 6.09. The first-order chi connectivity index (χ1) is 12.0. The summed E-state index contributed by atoms with van der Waals surface area (Å²) in [5.74, 6) is 0.968. The molecule has 4 rings (SSSR count). The van der Waals surface area contributed by atoms with Gasteiger partial charge in [0.15, 0.2) is 0 Å². The largest absolute Gasteiger partial charge is 0.472 e. The number of H-pyrrole nitrogens is 1. The van der Waals surface area contributed by atoms with Crippen LogP contribution in [0.25, 0.3) is 22.4 Å². The Kier molecular flexibility index (Phi) is 3.67. The van der Waals surface area contributed by atoms with E-state index in [1.54, 1.807) is 12.5 Å². The fraction of sp³-hybridized carbons (Fsp3) is 0.400. The molecule has 0 unspecified atom stereocenters. The highest BCUT2D eigenvalue weighted by Gasteiger charge is 2.43. The van der Waals surface area contributed by atoms with Crippen LogP contribution in [0, 0.1) is 0 Å². The van der Waals surface area contributed by atoms with E-state index >= 15 is 0 Å². The zero-order valence-corrected chi connectivity index (χ0v) is 14.9. The number of aromatic nitrogens is 2. The number of rotatable bonds is 5. The van der Waals surface area contributed by atoms with Crippen molar-refractivity contribution >= 4 is 22.6 Å². The number of amides is 1. The lowest BCUT2D eigenvalue weighted by Crippen LogP contribution is -2.36. The number of aromatic amines is 1. The minimum atomic E-state index is -0.509. The van der Waals surface area contributed by atoms with Gasteiger partial charge in [-0.3, -0.25) is 4.79 Å². The zero-order valence-electron chi connectivity index (χ0n) is 14.9. The summed E-state index contributed by atoms with van der Waals surface area (Å²) in [6, 6.07) is 6.01. The number of nitrogens with one attached hydrogen (secondary N) is 1. The Bertz CT molecular complexity index is 922. The van der Waals surface area contributed by atoms with E-state index in [0.29, 0.717) is 0 Å². The molecule has 0 fully saturated rings. The Morgan fingerprint density at radius 2 is 2.12 bits per heavy atom. The molecule has 0 spiro atoms. The summed E-state index contributed by atoms with van der Waals surface area (Å²) in [7, 11) is 0. The van der Waals surface area contributed by atoms with Crippen molar-refractivity contribution in [2.45, 2.75) is 45.4 Å². The average molecular weight is 337 g/mol.